The van der Waals surface area contributed by atoms with Gasteiger partial charge in [0.1, 0.15) is 0 Å². The number of ether oxygens (including phenoxy) is 1. The molecule has 0 aliphatic heterocycles. The predicted molar refractivity (Wildman–Crippen MR) is 62.4 cm³/mol. The number of esters is 1. The minimum atomic E-state index is -0.687. The number of nitrogens with one attached hydrogen (secondary N) is 1. The fourth-order valence-electron chi connectivity index (χ4n) is 1.24. The molecule has 0 radical (unpaired) electrons. The molecular formula is C10H13N3O5. The van der Waals surface area contributed by atoms with Crippen molar-refractivity contribution in [3.05, 3.63) is 27.9 Å². The van der Waals surface area contributed by atoms with Crippen LogP contribution in [0.3, 0.4) is 0 Å². The van der Waals surface area contributed by atoms with Crippen LogP contribution < -0.4 is 5.32 Å². The van der Waals surface area contributed by atoms with E-state index in [4.69, 9.17) is 5.11 Å². The van der Waals surface area contributed by atoms with Gasteiger partial charge in [-0.15, -0.1) is 0 Å². The lowest BCUT2D eigenvalue weighted by molar-refractivity contribution is -0.384. The maximum atomic E-state index is 11.2. The van der Waals surface area contributed by atoms with Gasteiger partial charge < -0.3 is 15.2 Å². The van der Waals surface area contributed by atoms with E-state index >= 15 is 0 Å². The quantitative estimate of drug-likeness (QED) is 0.330. The van der Waals surface area contributed by atoms with Crippen molar-refractivity contribution in [2.75, 3.05) is 25.6 Å². The number of hydrogen-bond donors (Lipinski definition) is 2. The van der Waals surface area contributed by atoms with Crippen molar-refractivity contribution in [1.82, 2.24) is 4.98 Å². The molecule has 0 spiro atoms. The average Bonchev–Trinajstić information content (AvgIpc) is 2.38. The van der Waals surface area contributed by atoms with E-state index in [2.05, 4.69) is 15.0 Å². The number of nitrogens with zero attached hydrogens (tertiary/aromatic N) is 2. The van der Waals surface area contributed by atoms with Crippen molar-refractivity contribution in [3.63, 3.8) is 0 Å². The molecule has 1 aromatic rings. The lowest BCUT2D eigenvalue weighted by atomic mass is 10.2. The highest BCUT2D eigenvalue weighted by molar-refractivity contribution is 5.90. The van der Waals surface area contributed by atoms with Gasteiger partial charge in [0, 0.05) is 25.4 Å². The van der Waals surface area contributed by atoms with Crippen LogP contribution >= 0.6 is 0 Å². The molecule has 0 saturated carbocycles. The summed E-state index contributed by atoms with van der Waals surface area (Å²) in [7, 11) is 1.18. The van der Waals surface area contributed by atoms with Crippen LogP contribution in [-0.4, -0.2) is 41.2 Å². The number of aliphatic hydroxyl groups is 1. The van der Waals surface area contributed by atoms with Gasteiger partial charge in [-0.2, -0.15) is 0 Å². The monoisotopic (exact) mass is 255 g/mol. The second kappa shape index (κ2) is 6.50. The van der Waals surface area contributed by atoms with Crippen LogP contribution in [0.25, 0.3) is 0 Å². The minimum absolute atomic E-state index is 0.0110. The molecule has 0 saturated heterocycles. The summed E-state index contributed by atoms with van der Waals surface area (Å²) in [5, 5.41) is 22.2. The average molecular weight is 255 g/mol. The maximum absolute atomic E-state index is 11.2. The molecule has 8 heteroatoms. The SMILES string of the molecule is COC(=O)c1cnc(NCCCO)c([N+](=O)[O-])c1. The number of hydrogen-bond acceptors (Lipinski definition) is 7. The standard InChI is InChI=1S/C10H13N3O5/c1-18-10(15)7-5-8(13(16)17)9(12-6-7)11-3-2-4-14/h5-6,14H,2-4H2,1H3,(H,11,12). The molecule has 0 bridgehead atoms. The summed E-state index contributed by atoms with van der Waals surface area (Å²) in [6.45, 7) is 0.322. The fraction of sp³-hybridized carbons (Fsp3) is 0.400. The first kappa shape index (κ1) is 13.8. The van der Waals surface area contributed by atoms with Crippen molar-refractivity contribution >= 4 is 17.5 Å². The Morgan fingerprint density at radius 3 is 2.94 bits per heavy atom. The topological polar surface area (TPSA) is 115 Å². The van der Waals surface area contributed by atoms with Gasteiger partial charge in [0.2, 0.25) is 5.82 Å². The molecule has 1 rings (SSSR count). The Bertz CT molecular complexity index is 449. The predicted octanol–water partition coefficient (Wildman–Crippen LogP) is 0.571. The number of carbonyl (C=O) groups is 1. The van der Waals surface area contributed by atoms with Gasteiger partial charge in [0.15, 0.2) is 0 Å². The molecule has 8 nitrogen and oxygen atoms in total. The van der Waals surface area contributed by atoms with Crippen LogP contribution in [0, 0.1) is 10.1 Å². The van der Waals surface area contributed by atoms with E-state index in [1.165, 1.54) is 13.3 Å². The molecule has 0 unspecified atom stereocenters. The number of carbonyl (C=O) groups excluding carboxylic acids is 1. The third-order valence-electron chi connectivity index (χ3n) is 2.11. The second-order valence-electron chi connectivity index (χ2n) is 3.34. The summed E-state index contributed by atoms with van der Waals surface area (Å²) in [6, 6.07) is 1.10. The van der Waals surface area contributed by atoms with Gasteiger partial charge in [0.05, 0.1) is 17.6 Å². The van der Waals surface area contributed by atoms with E-state index in [0.717, 1.165) is 6.07 Å². The first-order chi connectivity index (χ1) is 8.60. The van der Waals surface area contributed by atoms with Gasteiger partial charge >= 0.3 is 11.7 Å². The largest absolute Gasteiger partial charge is 0.465 e. The van der Waals surface area contributed by atoms with E-state index < -0.39 is 10.9 Å². The lowest BCUT2D eigenvalue weighted by Gasteiger charge is -2.06. The number of nitro groups is 1. The first-order valence-corrected chi connectivity index (χ1v) is 5.17. The molecule has 2 N–H and O–H groups in total. The highest BCUT2D eigenvalue weighted by atomic mass is 16.6. The molecule has 1 heterocycles. The smallest absolute Gasteiger partial charge is 0.339 e. The highest BCUT2D eigenvalue weighted by Crippen LogP contribution is 2.22. The summed E-state index contributed by atoms with van der Waals surface area (Å²) < 4.78 is 4.45. The molecule has 1 aromatic heterocycles. The van der Waals surface area contributed by atoms with Crippen LogP contribution in [0.4, 0.5) is 11.5 Å². The van der Waals surface area contributed by atoms with Crippen LogP contribution in [0.5, 0.6) is 0 Å². The number of pyridine rings is 1. The van der Waals surface area contributed by atoms with Gasteiger partial charge in [-0.05, 0) is 6.42 Å². The van der Waals surface area contributed by atoms with E-state index in [1.54, 1.807) is 0 Å². The van der Waals surface area contributed by atoms with Crippen LogP contribution in [0.2, 0.25) is 0 Å². The Kier molecular flexibility index (Phi) is 5.00. The summed E-state index contributed by atoms with van der Waals surface area (Å²) >= 11 is 0. The zero-order chi connectivity index (χ0) is 13.5. The van der Waals surface area contributed by atoms with E-state index in [1.807, 2.05) is 0 Å². The highest BCUT2D eigenvalue weighted by Gasteiger charge is 2.19. The maximum Gasteiger partial charge on any atom is 0.339 e. The zero-order valence-electron chi connectivity index (χ0n) is 9.75. The Morgan fingerprint density at radius 1 is 1.67 bits per heavy atom. The molecule has 18 heavy (non-hydrogen) atoms. The third kappa shape index (κ3) is 3.39. The molecule has 0 atom stereocenters. The molecule has 98 valence electrons. The lowest BCUT2D eigenvalue weighted by Crippen LogP contribution is -2.09. The first-order valence-electron chi connectivity index (χ1n) is 5.17. The molecule has 0 amide bonds. The fourth-order valence-corrected chi connectivity index (χ4v) is 1.24. The molecular weight excluding hydrogens is 242 g/mol. The van der Waals surface area contributed by atoms with Gasteiger partial charge in [-0.1, -0.05) is 0 Å². The molecule has 0 aliphatic rings. The summed E-state index contributed by atoms with van der Waals surface area (Å²) in [4.78, 5) is 25.2. The zero-order valence-corrected chi connectivity index (χ0v) is 9.75. The Labute approximate surface area is 103 Å². The van der Waals surface area contributed by atoms with Gasteiger partial charge in [-0.25, -0.2) is 9.78 Å². The Balaban J connectivity index is 2.97. The molecule has 0 aromatic carbocycles. The van der Waals surface area contributed by atoms with Crippen molar-refractivity contribution in [2.45, 2.75) is 6.42 Å². The number of rotatable bonds is 6. The summed E-state index contributed by atoms with van der Waals surface area (Å²) in [6.07, 6.45) is 1.64. The van der Waals surface area contributed by atoms with E-state index in [9.17, 15) is 14.9 Å². The van der Waals surface area contributed by atoms with Crippen LogP contribution in [-0.2, 0) is 4.74 Å². The van der Waals surface area contributed by atoms with Crippen molar-refractivity contribution < 1.29 is 19.6 Å². The Hall–Kier alpha value is -2.22. The van der Waals surface area contributed by atoms with Crippen molar-refractivity contribution in [3.8, 4) is 0 Å². The number of methoxy groups -OCH3 is 1. The van der Waals surface area contributed by atoms with Crippen LogP contribution in [0.1, 0.15) is 16.8 Å². The van der Waals surface area contributed by atoms with Gasteiger partial charge in [0.25, 0.3) is 0 Å². The summed E-state index contributed by atoms with van der Waals surface area (Å²) in [5.41, 5.74) is -0.298. The summed E-state index contributed by atoms with van der Waals surface area (Å²) in [5.74, 6) is -0.631. The Morgan fingerprint density at radius 2 is 2.39 bits per heavy atom. The van der Waals surface area contributed by atoms with Crippen molar-refractivity contribution in [1.29, 1.82) is 0 Å². The number of aromatic nitrogens is 1. The molecule has 0 fully saturated rings. The van der Waals surface area contributed by atoms with E-state index in [0.29, 0.717) is 13.0 Å². The second-order valence-corrected chi connectivity index (χ2v) is 3.34. The minimum Gasteiger partial charge on any atom is -0.465 e. The molecule has 0 aliphatic carbocycles. The van der Waals surface area contributed by atoms with Crippen molar-refractivity contribution in [2.24, 2.45) is 0 Å². The normalized spacial score (nSPS) is 9.89. The van der Waals surface area contributed by atoms with E-state index in [-0.39, 0.29) is 23.7 Å². The number of aliphatic hydroxyl groups excluding tert-OH is 1. The third-order valence-corrected chi connectivity index (χ3v) is 2.11. The van der Waals surface area contributed by atoms with Crippen LogP contribution in [0.15, 0.2) is 12.3 Å². The van der Waals surface area contributed by atoms with Gasteiger partial charge in [-0.3, -0.25) is 10.1 Å². The number of anilines is 1.